The molecular weight excluding hydrogens is 470 g/mol. The molecule has 1 aromatic rings. The van der Waals surface area contributed by atoms with Crippen LogP contribution in [0.3, 0.4) is 0 Å². The van der Waals surface area contributed by atoms with E-state index in [0.717, 1.165) is 38.5 Å². The Hall–Kier alpha value is -2.03. The molecule has 8 nitrogen and oxygen atoms in total. The zero-order valence-corrected chi connectivity index (χ0v) is 22.5. The van der Waals surface area contributed by atoms with Gasteiger partial charge in [0.25, 0.3) is 0 Å². The molecule has 0 unspecified atom stereocenters. The van der Waals surface area contributed by atoms with Crippen LogP contribution in [0.4, 0.5) is 0 Å². The summed E-state index contributed by atoms with van der Waals surface area (Å²) in [4.78, 5) is 30.3. The van der Waals surface area contributed by atoms with Gasteiger partial charge in [0.1, 0.15) is 12.2 Å². The summed E-state index contributed by atoms with van der Waals surface area (Å²) in [6.45, 7) is 4.03. The number of carbonyl (C=O) groups is 2. The summed E-state index contributed by atoms with van der Waals surface area (Å²) in [5, 5.41) is 37.8. The Morgan fingerprint density at radius 2 is 1.70 bits per heavy atom. The van der Waals surface area contributed by atoms with Crippen molar-refractivity contribution in [3.63, 3.8) is 0 Å². The number of nitrogens with one attached hydrogen (secondary N) is 2. The molecule has 2 aliphatic carbocycles. The zero-order valence-electron chi connectivity index (χ0n) is 22.5. The average molecular weight is 518 g/mol. The fourth-order valence-electron chi connectivity index (χ4n) is 5.48. The lowest BCUT2D eigenvalue weighted by atomic mass is 9.82. The van der Waals surface area contributed by atoms with Crippen molar-refractivity contribution in [3.05, 3.63) is 30.1 Å². The minimum atomic E-state index is -1.04. The number of hydrogen-bond donors (Lipinski definition) is 5. The first-order valence-electron chi connectivity index (χ1n) is 14.2. The molecule has 0 radical (unpaired) electrons. The Morgan fingerprint density at radius 3 is 2.32 bits per heavy atom. The first-order chi connectivity index (χ1) is 17.7. The summed E-state index contributed by atoms with van der Waals surface area (Å²) in [7, 11) is 0. The summed E-state index contributed by atoms with van der Waals surface area (Å²) in [5.41, 5.74) is 0.481. The van der Waals surface area contributed by atoms with E-state index in [1.54, 1.807) is 24.4 Å². The van der Waals surface area contributed by atoms with E-state index < -0.39 is 30.3 Å². The number of amides is 2. The number of aromatic nitrogens is 1. The van der Waals surface area contributed by atoms with Crippen LogP contribution in [0.25, 0.3) is 0 Å². The standard InChI is InChI=1S/C29H47N3O5/c1-19(2)14-25(33)28(36)24(16-20-8-4-3-5-9-20)32-29(37)22(15-21-11-12-21)17-27(35)31-18-26(34)23-10-6-7-13-30-23/h6-7,10,13,19-22,24-26,28,33-34,36H,3-5,8-9,11-12,14-18H2,1-2H3,(H,31,35)(H,32,37)/t22-,24+,25+,26-,28-/m1/s1. The highest BCUT2D eigenvalue weighted by Crippen LogP contribution is 2.36. The summed E-state index contributed by atoms with van der Waals surface area (Å²) in [6.07, 6.45) is 8.28. The lowest BCUT2D eigenvalue weighted by Crippen LogP contribution is -2.51. The van der Waals surface area contributed by atoms with E-state index in [2.05, 4.69) is 15.6 Å². The third kappa shape index (κ3) is 10.3. The van der Waals surface area contributed by atoms with Gasteiger partial charge in [-0.1, -0.05) is 64.9 Å². The van der Waals surface area contributed by atoms with Gasteiger partial charge in [0.05, 0.1) is 17.8 Å². The van der Waals surface area contributed by atoms with Crippen LogP contribution < -0.4 is 10.6 Å². The van der Waals surface area contributed by atoms with Crippen molar-refractivity contribution in [2.24, 2.45) is 23.7 Å². The highest BCUT2D eigenvalue weighted by Gasteiger charge is 2.35. The molecule has 0 aromatic carbocycles. The van der Waals surface area contributed by atoms with Crippen molar-refractivity contribution in [1.82, 2.24) is 15.6 Å². The molecule has 2 amide bonds. The number of hydrogen-bond acceptors (Lipinski definition) is 6. The van der Waals surface area contributed by atoms with Crippen LogP contribution in [0.2, 0.25) is 0 Å². The van der Waals surface area contributed by atoms with E-state index in [-0.39, 0.29) is 30.7 Å². The lowest BCUT2D eigenvalue weighted by molar-refractivity contribution is -0.132. The van der Waals surface area contributed by atoms with E-state index in [1.807, 2.05) is 13.8 Å². The topological polar surface area (TPSA) is 132 Å². The maximum atomic E-state index is 13.5. The molecule has 2 aliphatic rings. The van der Waals surface area contributed by atoms with Crippen LogP contribution in [0.1, 0.15) is 96.3 Å². The fraction of sp³-hybridized carbons (Fsp3) is 0.759. The van der Waals surface area contributed by atoms with Crippen molar-refractivity contribution in [1.29, 1.82) is 0 Å². The van der Waals surface area contributed by atoms with E-state index in [9.17, 15) is 24.9 Å². The van der Waals surface area contributed by atoms with E-state index >= 15 is 0 Å². The van der Waals surface area contributed by atoms with Crippen LogP contribution in [0.15, 0.2) is 24.4 Å². The number of carbonyl (C=O) groups excluding carboxylic acids is 2. The molecule has 5 N–H and O–H groups in total. The number of nitrogens with zero attached hydrogens (tertiary/aromatic N) is 1. The summed E-state index contributed by atoms with van der Waals surface area (Å²) < 4.78 is 0. The highest BCUT2D eigenvalue weighted by atomic mass is 16.3. The van der Waals surface area contributed by atoms with Crippen LogP contribution in [0, 0.1) is 23.7 Å². The Morgan fingerprint density at radius 1 is 1.00 bits per heavy atom. The molecule has 37 heavy (non-hydrogen) atoms. The van der Waals surface area contributed by atoms with E-state index in [4.69, 9.17) is 0 Å². The van der Waals surface area contributed by atoms with Crippen molar-refractivity contribution in [2.45, 2.75) is 109 Å². The number of rotatable bonds is 15. The van der Waals surface area contributed by atoms with Crippen molar-refractivity contribution < 1.29 is 24.9 Å². The molecule has 0 aliphatic heterocycles. The molecular formula is C29H47N3O5. The highest BCUT2D eigenvalue weighted by molar-refractivity contribution is 5.86. The Bertz CT molecular complexity index is 826. The third-order valence-electron chi connectivity index (χ3n) is 7.80. The predicted octanol–water partition coefficient (Wildman–Crippen LogP) is 3.26. The molecule has 0 bridgehead atoms. The smallest absolute Gasteiger partial charge is 0.223 e. The van der Waals surface area contributed by atoms with Gasteiger partial charge in [-0.05, 0) is 49.1 Å². The molecule has 0 spiro atoms. The summed E-state index contributed by atoms with van der Waals surface area (Å²) in [5.74, 6) is 0.0456. The largest absolute Gasteiger partial charge is 0.390 e. The second-order valence-electron chi connectivity index (χ2n) is 11.7. The van der Waals surface area contributed by atoms with Gasteiger partial charge in [-0.15, -0.1) is 0 Å². The molecule has 208 valence electrons. The van der Waals surface area contributed by atoms with Crippen LogP contribution >= 0.6 is 0 Å². The molecule has 5 atom stereocenters. The quantitative estimate of drug-likeness (QED) is 0.243. The van der Waals surface area contributed by atoms with Gasteiger partial charge in [-0.3, -0.25) is 14.6 Å². The Balaban J connectivity index is 1.61. The SMILES string of the molecule is CC(C)C[C@H](O)[C@H](O)[C@H](CC1CCCCC1)NC(=O)[C@@H](CC(=O)NC[C@@H](O)c1ccccn1)CC1CC1. The maximum Gasteiger partial charge on any atom is 0.223 e. The van der Waals surface area contributed by atoms with Crippen molar-refractivity contribution in [3.8, 4) is 0 Å². The minimum Gasteiger partial charge on any atom is -0.390 e. The molecule has 2 fully saturated rings. The molecule has 1 heterocycles. The van der Waals surface area contributed by atoms with Gasteiger partial charge in [0, 0.05) is 25.1 Å². The Kier molecular flexibility index (Phi) is 11.8. The number of aliphatic hydroxyl groups is 3. The lowest BCUT2D eigenvalue weighted by Gasteiger charge is -2.33. The van der Waals surface area contributed by atoms with Gasteiger partial charge >= 0.3 is 0 Å². The van der Waals surface area contributed by atoms with Crippen LogP contribution in [-0.2, 0) is 9.59 Å². The van der Waals surface area contributed by atoms with E-state index in [1.165, 1.54) is 6.42 Å². The Labute approximate surface area is 221 Å². The second-order valence-corrected chi connectivity index (χ2v) is 11.7. The maximum absolute atomic E-state index is 13.5. The molecule has 1 aromatic heterocycles. The number of aliphatic hydroxyl groups excluding tert-OH is 3. The molecule has 8 heteroatoms. The molecule has 0 saturated heterocycles. The van der Waals surface area contributed by atoms with Crippen molar-refractivity contribution >= 4 is 11.8 Å². The van der Waals surface area contributed by atoms with Gasteiger partial charge in [-0.2, -0.15) is 0 Å². The summed E-state index contributed by atoms with van der Waals surface area (Å²) in [6, 6.07) is 4.70. The molecule has 3 rings (SSSR count). The van der Waals surface area contributed by atoms with E-state index in [0.29, 0.717) is 36.8 Å². The van der Waals surface area contributed by atoms with Gasteiger partial charge < -0.3 is 26.0 Å². The fourth-order valence-corrected chi connectivity index (χ4v) is 5.48. The van der Waals surface area contributed by atoms with Gasteiger partial charge in [0.2, 0.25) is 11.8 Å². The predicted molar refractivity (Wildman–Crippen MR) is 142 cm³/mol. The first kappa shape index (κ1) is 29.5. The van der Waals surface area contributed by atoms with Crippen molar-refractivity contribution in [2.75, 3.05) is 6.54 Å². The van der Waals surface area contributed by atoms with Crippen LogP contribution in [-0.4, -0.2) is 56.9 Å². The normalized spacial score (nSPS) is 20.6. The average Bonchev–Trinajstić information content (AvgIpc) is 3.71. The third-order valence-corrected chi connectivity index (χ3v) is 7.80. The second kappa shape index (κ2) is 14.8. The summed E-state index contributed by atoms with van der Waals surface area (Å²) >= 11 is 0. The zero-order chi connectivity index (χ0) is 26.8. The first-order valence-corrected chi connectivity index (χ1v) is 14.2. The monoisotopic (exact) mass is 517 g/mol. The van der Waals surface area contributed by atoms with Crippen LogP contribution in [0.5, 0.6) is 0 Å². The van der Waals surface area contributed by atoms with Gasteiger partial charge in [0.15, 0.2) is 0 Å². The number of pyridine rings is 1. The molecule has 2 saturated carbocycles. The minimum absolute atomic E-state index is 0.0258. The van der Waals surface area contributed by atoms with Gasteiger partial charge in [-0.25, -0.2) is 0 Å².